The van der Waals surface area contributed by atoms with Gasteiger partial charge < -0.3 is 0 Å². The molecule has 0 aliphatic rings. The zero-order chi connectivity index (χ0) is 14.8. The molecule has 0 bridgehead atoms. The van der Waals surface area contributed by atoms with Crippen molar-refractivity contribution < 1.29 is 0 Å². The van der Waals surface area contributed by atoms with E-state index in [2.05, 4.69) is 54.4 Å². The van der Waals surface area contributed by atoms with Gasteiger partial charge >= 0.3 is 0 Å². The van der Waals surface area contributed by atoms with Crippen molar-refractivity contribution in [3.63, 3.8) is 0 Å². The lowest BCUT2D eigenvalue weighted by molar-refractivity contribution is 0.673. The van der Waals surface area contributed by atoms with E-state index in [1.165, 1.54) is 41.0 Å². The Morgan fingerprint density at radius 1 is 1.05 bits per heavy atom. The molecule has 2 rings (SSSR count). The number of thioether (sulfide) groups is 1. The summed E-state index contributed by atoms with van der Waals surface area (Å²) in [6, 6.07) is 14.7. The first kappa shape index (κ1) is 15.8. The number of nitrogens with zero attached hydrogens (tertiary/aromatic N) is 1. The molecule has 0 unspecified atom stereocenters. The van der Waals surface area contributed by atoms with E-state index in [0.29, 0.717) is 0 Å². The first-order chi connectivity index (χ1) is 10.4. The van der Waals surface area contributed by atoms with Crippen LogP contribution in [0.5, 0.6) is 0 Å². The fraction of sp³-hybridized carbons (Fsp3) is 0.316. The first-order valence-corrected chi connectivity index (χ1v) is 8.53. The normalized spacial score (nSPS) is 11.6. The minimum absolute atomic E-state index is 1.15. The number of hydrogen-bond donors (Lipinski definition) is 0. The Bertz CT molecular complexity index is 534. The maximum atomic E-state index is 4.20. The highest BCUT2D eigenvalue weighted by Gasteiger charge is 2.02. The molecule has 0 aliphatic carbocycles. The van der Waals surface area contributed by atoms with Gasteiger partial charge in [-0.3, -0.25) is 4.98 Å². The van der Waals surface area contributed by atoms with Crippen molar-refractivity contribution >= 4 is 17.8 Å². The lowest BCUT2D eigenvalue weighted by atomic mass is 10.1. The zero-order valence-corrected chi connectivity index (χ0v) is 13.5. The van der Waals surface area contributed by atoms with Gasteiger partial charge in [0.1, 0.15) is 0 Å². The second kappa shape index (κ2) is 9.41. The summed E-state index contributed by atoms with van der Waals surface area (Å²) in [5.74, 6) is 0. The average Bonchev–Trinajstić information content (AvgIpc) is 2.53. The number of pyridine rings is 1. The molecule has 0 saturated heterocycles. The molecule has 110 valence electrons. The Balaban J connectivity index is 2.04. The van der Waals surface area contributed by atoms with Gasteiger partial charge in [0.15, 0.2) is 0 Å². The number of hydrogen-bond acceptors (Lipinski definition) is 2. The third-order valence-electron chi connectivity index (χ3n) is 3.28. The maximum absolute atomic E-state index is 4.20. The standard InChI is InChI=1S/C19H23NS/c1-2-3-4-6-13-19(15-17-10-9-14-20-16-17)21-18-11-7-5-8-12-18/h5,7-12,14-16H,2-4,6,13H2,1H3/b19-15-. The van der Waals surface area contributed by atoms with E-state index in [-0.39, 0.29) is 0 Å². The molecule has 2 aromatic rings. The third kappa shape index (κ3) is 6.17. The molecule has 0 radical (unpaired) electrons. The number of rotatable bonds is 8. The summed E-state index contributed by atoms with van der Waals surface area (Å²) in [4.78, 5) is 6.93. The van der Waals surface area contributed by atoms with E-state index in [4.69, 9.17) is 0 Å². The SMILES string of the molecule is CCCCCC/C(=C/c1cccnc1)Sc1ccccc1. The smallest absolute Gasteiger partial charge is 0.0340 e. The highest BCUT2D eigenvalue weighted by Crippen LogP contribution is 2.31. The molecule has 0 atom stereocenters. The van der Waals surface area contributed by atoms with Gasteiger partial charge in [-0.05, 0) is 47.6 Å². The Labute approximate surface area is 132 Å². The summed E-state index contributed by atoms with van der Waals surface area (Å²) < 4.78 is 0. The topological polar surface area (TPSA) is 12.9 Å². The van der Waals surface area contributed by atoms with E-state index in [0.717, 1.165) is 6.42 Å². The molecule has 0 amide bonds. The predicted octanol–water partition coefficient (Wildman–Crippen LogP) is 6.19. The molecule has 1 nitrogen and oxygen atoms in total. The lowest BCUT2D eigenvalue weighted by Gasteiger charge is -2.08. The van der Waals surface area contributed by atoms with E-state index < -0.39 is 0 Å². The highest BCUT2D eigenvalue weighted by molar-refractivity contribution is 8.03. The number of unbranched alkanes of at least 4 members (excludes halogenated alkanes) is 3. The van der Waals surface area contributed by atoms with Crippen LogP contribution >= 0.6 is 11.8 Å². The molecule has 1 heterocycles. The molecular formula is C19H23NS. The monoisotopic (exact) mass is 297 g/mol. The van der Waals surface area contributed by atoms with Crippen LogP contribution in [0.1, 0.15) is 44.6 Å². The molecule has 0 aliphatic heterocycles. The van der Waals surface area contributed by atoms with Gasteiger partial charge in [-0.15, -0.1) is 0 Å². The van der Waals surface area contributed by atoms with Crippen molar-refractivity contribution in [1.29, 1.82) is 0 Å². The summed E-state index contributed by atoms with van der Waals surface area (Å²) in [5, 5.41) is 0. The second-order valence-electron chi connectivity index (χ2n) is 5.12. The fourth-order valence-electron chi connectivity index (χ4n) is 2.17. The Kier molecular flexibility index (Phi) is 7.10. The molecule has 2 heteroatoms. The van der Waals surface area contributed by atoms with Gasteiger partial charge in [-0.25, -0.2) is 0 Å². The van der Waals surface area contributed by atoms with E-state index >= 15 is 0 Å². The van der Waals surface area contributed by atoms with Crippen LogP contribution < -0.4 is 0 Å². The lowest BCUT2D eigenvalue weighted by Crippen LogP contribution is -1.83. The fourth-order valence-corrected chi connectivity index (χ4v) is 3.20. The van der Waals surface area contributed by atoms with Crippen molar-refractivity contribution in [3.05, 3.63) is 65.3 Å². The van der Waals surface area contributed by atoms with Gasteiger partial charge in [-0.1, -0.05) is 62.2 Å². The van der Waals surface area contributed by atoms with Crippen molar-refractivity contribution in [2.24, 2.45) is 0 Å². The minimum Gasteiger partial charge on any atom is -0.264 e. The number of benzene rings is 1. The van der Waals surface area contributed by atoms with Crippen LogP contribution in [0.25, 0.3) is 6.08 Å². The van der Waals surface area contributed by atoms with Gasteiger partial charge in [0, 0.05) is 17.3 Å². The van der Waals surface area contributed by atoms with Crippen molar-refractivity contribution in [2.45, 2.75) is 43.9 Å². The predicted molar refractivity (Wildman–Crippen MR) is 93.3 cm³/mol. The molecule has 1 aromatic carbocycles. The summed E-state index contributed by atoms with van der Waals surface area (Å²) >= 11 is 1.87. The van der Waals surface area contributed by atoms with Crippen LogP contribution in [-0.4, -0.2) is 4.98 Å². The van der Waals surface area contributed by atoms with Gasteiger partial charge in [-0.2, -0.15) is 0 Å². The molecule has 21 heavy (non-hydrogen) atoms. The van der Waals surface area contributed by atoms with Gasteiger partial charge in [0.05, 0.1) is 0 Å². The summed E-state index contributed by atoms with van der Waals surface area (Å²) in [7, 11) is 0. The van der Waals surface area contributed by atoms with Crippen molar-refractivity contribution in [2.75, 3.05) is 0 Å². The Hall–Kier alpha value is -1.54. The summed E-state index contributed by atoms with van der Waals surface area (Å²) in [6.07, 6.45) is 12.4. The van der Waals surface area contributed by atoms with Crippen molar-refractivity contribution in [3.8, 4) is 0 Å². The quantitative estimate of drug-likeness (QED) is 0.426. The van der Waals surface area contributed by atoms with Crippen LogP contribution in [0.4, 0.5) is 0 Å². The largest absolute Gasteiger partial charge is 0.264 e. The number of allylic oxidation sites excluding steroid dienone is 1. The Morgan fingerprint density at radius 2 is 1.90 bits per heavy atom. The highest BCUT2D eigenvalue weighted by atomic mass is 32.2. The number of aromatic nitrogens is 1. The van der Waals surface area contributed by atoms with E-state index in [9.17, 15) is 0 Å². The van der Waals surface area contributed by atoms with Crippen LogP contribution in [0.2, 0.25) is 0 Å². The minimum atomic E-state index is 1.15. The van der Waals surface area contributed by atoms with E-state index in [1.54, 1.807) is 0 Å². The average molecular weight is 297 g/mol. The van der Waals surface area contributed by atoms with E-state index in [1.807, 2.05) is 30.2 Å². The van der Waals surface area contributed by atoms with Gasteiger partial charge in [0.25, 0.3) is 0 Å². The maximum Gasteiger partial charge on any atom is 0.0340 e. The molecule has 0 fully saturated rings. The van der Waals surface area contributed by atoms with Crippen LogP contribution in [0, 0.1) is 0 Å². The van der Waals surface area contributed by atoms with Crippen LogP contribution in [-0.2, 0) is 0 Å². The molecule has 0 spiro atoms. The molecule has 1 aromatic heterocycles. The van der Waals surface area contributed by atoms with Gasteiger partial charge in [0.2, 0.25) is 0 Å². The Morgan fingerprint density at radius 3 is 2.62 bits per heavy atom. The third-order valence-corrected chi connectivity index (χ3v) is 4.37. The summed E-state index contributed by atoms with van der Waals surface area (Å²) in [5.41, 5.74) is 1.19. The van der Waals surface area contributed by atoms with Crippen LogP contribution in [0.3, 0.4) is 0 Å². The van der Waals surface area contributed by atoms with Crippen LogP contribution in [0.15, 0.2) is 64.7 Å². The summed E-state index contributed by atoms with van der Waals surface area (Å²) in [6.45, 7) is 2.26. The second-order valence-corrected chi connectivity index (χ2v) is 6.32. The molecule has 0 N–H and O–H groups in total. The molecular weight excluding hydrogens is 274 g/mol. The molecule has 0 saturated carbocycles. The van der Waals surface area contributed by atoms with Crippen molar-refractivity contribution in [1.82, 2.24) is 4.98 Å². The zero-order valence-electron chi connectivity index (χ0n) is 12.7. The first-order valence-electron chi connectivity index (χ1n) is 7.72.